The Labute approximate surface area is 121 Å². The van der Waals surface area contributed by atoms with Crippen molar-refractivity contribution < 1.29 is 14.7 Å². The summed E-state index contributed by atoms with van der Waals surface area (Å²) in [4.78, 5) is 26.1. The number of anilines is 1. The van der Waals surface area contributed by atoms with E-state index in [1.165, 1.54) is 12.1 Å². The van der Waals surface area contributed by atoms with Gasteiger partial charge in [0.15, 0.2) is 0 Å². The van der Waals surface area contributed by atoms with E-state index in [0.717, 1.165) is 4.90 Å². The van der Waals surface area contributed by atoms with Crippen LogP contribution in [0.25, 0.3) is 0 Å². The third-order valence-electron chi connectivity index (χ3n) is 4.05. The molecule has 104 valence electrons. The SMILES string of the molecule is C[C@@H]1C=CC[C@@H]2C(=O)N(c3ccc(Cl)cc3O)C(=O)[C@@H]12. The number of phenolic OH excluding ortho intramolecular Hbond substituents is 1. The average molecular weight is 292 g/mol. The molecule has 2 aliphatic rings. The molecule has 3 atom stereocenters. The van der Waals surface area contributed by atoms with E-state index in [4.69, 9.17) is 11.6 Å². The lowest BCUT2D eigenvalue weighted by Crippen LogP contribution is -2.31. The van der Waals surface area contributed by atoms with Gasteiger partial charge in [0, 0.05) is 11.1 Å². The highest BCUT2D eigenvalue weighted by molar-refractivity contribution is 6.31. The maximum atomic E-state index is 12.5. The minimum Gasteiger partial charge on any atom is -0.506 e. The Kier molecular flexibility index (Phi) is 3.05. The topological polar surface area (TPSA) is 57.6 Å². The molecule has 1 aromatic carbocycles. The number of allylic oxidation sites excluding steroid dienone is 2. The smallest absolute Gasteiger partial charge is 0.238 e. The van der Waals surface area contributed by atoms with Crippen LogP contribution in [0.3, 0.4) is 0 Å². The fourth-order valence-electron chi connectivity index (χ4n) is 3.07. The lowest BCUT2D eigenvalue weighted by atomic mass is 9.78. The first kappa shape index (κ1) is 13.2. The molecule has 2 amide bonds. The quantitative estimate of drug-likeness (QED) is 0.639. The van der Waals surface area contributed by atoms with Crippen LogP contribution in [0, 0.1) is 17.8 Å². The zero-order valence-corrected chi connectivity index (χ0v) is 11.7. The van der Waals surface area contributed by atoms with Crippen LogP contribution >= 0.6 is 11.6 Å². The van der Waals surface area contributed by atoms with E-state index in [2.05, 4.69) is 0 Å². The molecule has 0 bridgehead atoms. The summed E-state index contributed by atoms with van der Waals surface area (Å²) in [7, 11) is 0. The monoisotopic (exact) mass is 291 g/mol. The number of rotatable bonds is 1. The van der Waals surface area contributed by atoms with Crippen LogP contribution in [-0.2, 0) is 9.59 Å². The minimum absolute atomic E-state index is 0.0321. The van der Waals surface area contributed by atoms with Crippen molar-refractivity contribution >= 4 is 29.1 Å². The van der Waals surface area contributed by atoms with E-state index in [1.807, 2.05) is 19.1 Å². The fraction of sp³-hybridized carbons (Fsp3) is 0.333. The number of aromatic hydroxyl groups is 1. The normalized spacial score (nSPS) is 28.9. The summed E-state index contributed by atoms with van der Waals surface area (Å²) in [6.07, 6.45) is 4.49. The number of carbonyl (C=O) groups excluding carboxylic acids is 2. The van der Waals surface area contributed by atoms with Crippen molar-refractivity contribution in [2.24, 2.45) is 17.8 Å². The molecule has 1 aliphatic carbocycles. The molecule has 0 radical (unpaired) electrons. The van der Waals surface area contributed by atoms with Crippen LogP contribution in [0.1, 0.15) is 13.3 Å². The Bertz CT molecular complexity index is 626. The number of hydrogen-bond acceptors (Lipinski definition) is 3. The second-order valence-corrected chi connectivity index (χ2v) is 5.74. The highest BCUT2D eigenvalue weighted by Gasteiger charge is 2.50. The van der Waals surface area contributed by atoms with Crippen molar-refractivity contribution in [3.05, 3.63) is 35.4 Å². The summed E-state index contributed by atoms with van der Waals surface area (Å²) in [6.45, 7) is 1.93. The van der Waals surface area contributed by atoms with Crippen LogP contribution in [0.5, 0.6) is 5.75 Å². The zero-order chi connectivity index (χ0) is 14.4. The molecule has 0 spiro atoms. The number of halogens is 1. The third kappa shape index (κ3) is 1.83. The number of imide groups is 1. The summed E-state index contributed by atoms with van der Waals surface area (Å²) in [6, 6.07) is 4.39. The Hall–Kier alpha value is -1.81. The second-order valence-electron chi connectivity index (χ2n) is 5.30. The predicted molar refractivity (Wildman–Crippen MR) is 75.5 cm³/mol. The predicted octanol–water partition coefficient (Wildman–Crippen LogP) is 2.75. The molecule has 0 saturated carbocycles. The van der Waals surface area contributed by atoms with Crippen molar-refractivity contribution in [2.45, 2.75) is 13.3 Å². The number of benzene rings is 1. The van der Waals surface area contributed by atoms with Gasteiger partial charge in [-0.1, -0.05) is 30.7 Å². The first-order chi connectivity index (χ1) is 9.50. The molecule has 5 heteroatoms. The number of nitrogens with zero attached hydrogens (tertiary/aromatic N) is 1. The van der Waals surface area contributed by atoms with Crippen molar-refractivity contribution in [3.63, 3.8) is 0 Å². The highest BCUT2D eigenvalue weighted by atomic mass is 35.5. The number of amides is 2. The van der Waals surface area contributed by atoms with Crippen LogP contribution in [-0.4, -0.2) is 16.9 Å². The lowest BCUT2D eigenvalue weighted by Gasteiger charge is -2.22. The molecule has 1 heterocycles. The standard InChI is InChI=1S/C15H14ClNO3/c1-8-3-2-4-10-13(8)15(20)17(14(10)19)11-6-5-9(16)7-12(11)18/h2-3,5-8,10,13,18H,4H2,1H3/t8-,10+,13+/m1/s1. The highest BCUT2D eigenvalue weighted by Crippen LogP contribution is 2.42. The van der Waals surface area contributed by atoms with E-state index < -0.39 is 0 Å². The first-order valence-corrected chi connectivity index (χ1v) is 6.91. The largest absolute Gasteiger partial charge is 0.506 e. The van der Waals surface area contributed by atoms with Crippen molar-refractivity contribution in [1.29, 1.82) is 0 Å². The van der Waals surface area contributed by atoms with Crippen LogP contribution in [0.4, 0.5) is 5.69 Å². The van der Waals surface area contributed by atoms with E-state index in [1.54, 1.807) is 6.07 Å². The molecule has 3 rings (SSSR count). The zero-order valence-electron chi connectivity index (χ0n) is 10.9. The van der Waals surface area contributed by atoms with Gasteiger partial charge in [-0.3, -0.25) is 9.59 Å². The summed E-state index contributed by atoms with van der Waals surface area (Å²) >= 11 is 5.78. The fourth-order valence-corrected chi connectivity index (χ4v) is 3.24. The summed E-state index contributed by atoms with van der Waals surface area (Å²) in [5.74, 6) is -1.26. The molecule has 0 unspecified atom stereocenters. The van der Waals surface area contributed by atoms with E-state index in [-0.39, 0.29) is 41.0 Å². The molecule has 1 aliphatic heterocycles. The Morgan fingerprint density at radius 3 is 2.70 bits per heavy atom. The second kappa shape index (κ2) is 4.63. The summed E-state index contributed by atoms with van der Waals surface area (Å²) in [5, 5.41) is 10.3. The summed E-state index contributed by atoms with van der Waals surface area (Å²) in [5.41, 5.74) is 0.214. The molecule has 1 fully saturated rings. The van der Waals surface area contributed by atoms with Gasteiger partial charge in [-0.15, -0.1) is 0 Å². The molecule has 0 aromatic heterocycles. The third-order valence-corrected chi connectivity index (χ3v) is 4.29. The number of fused-ring (bicyclic) bond motifs is 1. The average Bonchev–Trinajstić information content (AvgIpc) is 2.64. The van der Waals surface area contributed by atoms with Gasteiger partial charge in [0.05, 0.1) is 17.5 Å². The Morgan fingerprint density at radius 1 is 1.30 bits per heavy atom. The molecule has 1 aromatic rings. The van der Waals surface area contributed by atoms with E-state index >= 15 is 0 Å². The van der Waals surface area contributed by atoms with Crippen LogP contribution < -0.4 is 4.90 Å². The Balaban J connectivity index is 2.03. The van der Waals surface area contributed by atoms with Gasteiger partial charge in [0.25, 0.3) is 0 Å². The first-order valence-electron chi connectivity index (χ1n) is 6.53. The van der Waals surface area contributed by atoms with Gasteiger partial charge in [0.1, 0.15) is 5.75 Å². The van der Waals surface area contributed by atoms with Gasteiger partial charge in [0.2, 0.25) is 11.8 Å². The number of hydrogen-bond donors (Lipinski definition) is 1. The van der Waals surface area contributed by atoms with Crippen molar-refractivity contribution in [1.82, 2.24) is 0 Å². The van der Waals surface area contributed by atoms with E-state index in [0.29, 0.717) is 11.4 Å². The number of phenols is 1. The number of carbonyl (C=O) groups is 2. The van der Waals surface area contributed by atoms with Gasteiger partial charge < -0.3 is 5.11 Å². The maximum Gasteiger partial charge on any atom is 0.238 e. The van der Waals surface area contributed by atoms with Crippen LogP contribution in [0.15, 0.2) is 30.4 Å². The molecule has 20 heavy (non-hydrogen) atoms. The molecule has 1 N–H and O–H groups in total. The molecule has 4 nitrogen and oxygen atoms in total. The molecule has 1 saturated heterocycles. The van der Waals surface area contributed by atoms with E-state index in [9.17, 15) is 14.7 Å². The summed E-state index contributed by atoms with van der Waals surface area (Å²) < 4.78 is 0. The minimum atomic E-state index is -0.331. The van der Waals surface area contributed by atoms with Crippen molar-refractivity contribution in [2.75, 3.05) is 4.90 Å². The van der Waals surface area contributed by atoms with Crippen molar-refractivity contribution in [3.8, 4) is 5.75 Å². The lowest BCUT2D eigenvalue weighted by molar-refractivity contribution is -0.122. The van der Waals surface area contributed by atoms with Gasteiger partial charge in [-0.25, -0.2) is 4.90 Å². The van der Waals surface area contributed by atoms with Gasteiger partial charge in [-0.2, -0.15) is 0 Å². The molecular weight excluding hydrogens is 278 g/mol. The maximum absolute atomic E-state index is 12.5. The van der Waals surface area contributed by atoms with Gasteiger partial charge in [-0.05, 0) is 24.5 Å². The van der Waals surface area contributed by atoms with Gasteiger partial charge >= 0.3 is 0 Å². The Morgan fingerprint density at radius 2 is 2.05 bits per heavy atom. The van der Waals surface area contributed by atoms with Crippen LogP contribution in [0.2, 0.25) is 5.02 Å². The molecular formula is C15H14ClNO3.